The Kier molecular flexibility index (Phi) is 4.49. The van der Waals surface area contributed by atoms with Crippen molar-refractivity contribution in [1.29, 1.82) is 0 Å². The van der Waals surface area contributed by atoms with Crippen LogP contribution in [0.4, 0.5) is 5.95 Å². The molecule has 0 bridgehead atoms. The topological polar surface area (TPSA) is 62.6 Å². The van der Waals surface area contributed by atoms with Gasteiger partial charge in [0.25, 0.3) is 0 Å². The molecule has 2 N–H and O–H groups in total. The van der Waals surface area contributed by atoms with Crippen molar-refractivity contribution >= 4 is 17.0 Å². The van der Waals surface area contributed by atoms with Gasteiger partial charge in [0.05, 0.1) is 17.6 Å². The van der Waals surface area contributed by atoms with Crippen LogP contribution in [-0.4, -0.2) is 60.0 Å². The Labute approximate surface area is 130 Å². The standard InChI is InChI=1S/C16H24N4O2/c1-19(2)10-12-9-17-16-18-14-5-4-13(22-7-3-6-21)8-15(14)20(16)11-12/h4-5,8,12,21H,3,6-7,9-11H2,1-2H3,(H,17,18). The van der Waals surface area contributed by atoms with Gasteiger partial charge in [-0.2, -0.15) is 0 Å². The molecule has 0 spiro atoms. The quantitative estimate of drug-likeness (QED) is 0.790. The van der Waals surface area contributed by atoms with Crippen molar-refractivity contribution in [3.05, 3.63) is 18.2 Å². The summed E-state index contributed by atoms with van der Waals surface area (Å²) in [7, 11) is 4.21. The smallest absolute Gasteiger partial charge is 0.203 e. The molecule has 2 aromatic rings. The zero-order valence-corrected chi connectivity index (χ0v) is 13.2. The van der Waals surface area contributed by atoms with Gasteiger partial charge in [0.15, 0.2) is 0 Å². The van der Waals surface area contributed by atoms with Crippen LogP contribution < -0.4 is 10.1 Å². The molecular formula is C16H24N4O2. The minimum Gasteiger partial charge on any atom is -0.493 e. The molecule has 0 fully saturated rings. The van der Waals surface area contributed by atoms with Gasteiger partial charge in [-0.1, -0.05) is 0 Å². The van der Waals surface area contributed by atoms with Crippen LogP contribution in [0.15, 0.2) is 18.2 Å². The second-order valence-corrected chi connectivity index (χ2v) is 6.13. The molecule has 3 rings (SSSR count). The number of nitrogens with one attached hydrogen (secondary N) is 1. The Bertz CT molecular complexity index is 638. The third-order valence-electron chi connectivity index (χ3n) is 3.90. The fraction of sp³-hybridized carbons (Fsp3) is 0.562. The van der Waals surface area contributed by atoms with Gasteiger partial charge < -0.3 is 24.6 Å². The maximum absolute atomic E-state index is 8.84. The van der Waals surface area contributed by atoms with Crippen LogP contribution in [0.3, 0.4) is 0 Å². The normalized spacial score (nSPS) is 17.5. The summed E-state index contributed by atoms with van der Waals surface area (Å²) < 4.78 is 7.92. The average molecular weight is 304 g/mol. The first-order valence-corrected chi connectivity index (χ1v) is 7.80. The molecule has 0 saturated heterocycles. The largest absolute Gasteiger partial charge is 0.493 e. The van der Waals surface area contributed by atoms with Crippen LogP contribution in [0.5, 0.6) is 5.75 Å². The third-order valence-corrected chi connectivity index (χ3v) is 3.90. The van der Waals surface area contributed by atoms with Crippen molar-refractivity contribution in [2.45, 2.75) is 13.0 Å². The van der Waals surface area contributed by atoms with E-state index in [9.17, 15) is 0 Å². The number of benzene rings is 1. The van der Waals surface area contributed by atoms with E-state index in [1.165, 1.54) is 0 Å². The van der Waals surface area contributed by atoms with Crippen LogP contribution in [-0.2, 0) is 6.54 Å². The highest BCUT2D eigenvalue weighted by atomic mass is 16.5. The zero-order valence-electron chi connectivity index (χ0n) is 13.2. The lowest BCUT2D eigenvalue weighted by Crippen LogP contribution is -2.34. The SMILES string of the molecule is CN(C)CC1CNc2nc3ccc(OCCCO)cc3n2C1. The summed E-state index contributed by atoms with van der Waals surface area (Å²) in [5.74, 6) is 2.34. The molecule has 1 aliphatic rings. The summed E-state index contributed by atoms with van der Waals surface area (Å²) in [5.41, 5.74) is 2.09. The lowest BCUT2D eigenvalue weighted by atomic mass is 10.1. The number of nitrogens with zero attached hydrogens (tertiary/aromatic N) is 3. The molecular weight excluding hydrogens is 280 g/mol. The van der Waals surface area contributed by atoms with Crippen LogP contribution in [0.2, 0.25) is 0 Å². The first-order valence-electron chi connectivity index (χ1n) is 7.80. The van der Waals surface area contributed by atoms with Gasteiger partial charge >= 0.3 is 0 Å². The number of anilines is 1. The predicted octanol–water partition coefficient (Wildman–Crippen LogP) is 1.40. The second kappa shape index (κ2) is 6.54. The number of rotatable bonds is 6. The van der Waals surface area contributed by atoms with E-state index in [-0.39, 0.29) is 6.61 Å². The molecule has 6 heteroatoms. The Hall–Kier alpha value is -1.79. The highest BCUT2D eigenvalue weighted by Crippen LogP contribution is 2.28. The van der Waals surface area contributed by atoms with Crippen molar-refractivity contribution in [2.75, 3.05) is 45.7 Å². The van der Waals surface area contributed by atoms with Crippen LogP contribution in [0.25, 0.3) is 11.0 Å². The zero-order chi connectivity index (χ0) is 15.5. The van der Waals surface area contributed by atoms with Crippen molar-refractivity contribution in [2.24, 2.45) is 5.92 Å². The van der Waals surface area contributed by atoms with Gasteiger partial charge in [-0.25, -0.2) is 4.98 Å². The summed E-state index contributed by atoms with van der Waals surface area (Å²) >= 11 is 0. The van der Waals surface area contributed by atoms with Crippen molar-refractivity contribution in [3.63, 3.8) is 0 Å². The number of aromatic nitrogens is 2. The van der Waals surface area contributed by atoms with E-state index < -0.39 is 0 Å². The first kappa shape index (κ1) is 15.1. The van der Waals surface area contributed by atoms with Gasteiger partial charge in [0.1, 0.15) is 5.75 Å². The molecule has 0 amide bonds. The maximum atomic E-state index is 8.84. The minimum absolute atomic E-state index is 0.153. The molecule has 120 valence electrons. The highest BCUT2D eigenvalue weighted by molar-refractivity contribution is 5.80. The fourth-order valence-electron chi connectivity index (χ4n) is 2.96. The van der Waals surface area contributed by atoms with E-state index in [2.05, 4.69) is 33.9 Å². The molecule has 1 atom stereocenters. The Balaban J connectivity index is 1.83. The number of hydrogen-bond acceptors (Lipinski definition) is 5. The van der Waals surface area contributed by atoms with Crippen molar-refractivity contribution < 1.29 is 9.84 Å². The number of aliphatic hydroxyl groups excluding tert-OH is 1. The van der Waals surface area contributed by atoms with E-state index >= 15 is 0 Å². The van der Waals surface area contributed by atoms with Gasteiger partial charge in [0, 0.05) is 44.6 Å². The van der Waals surface area contributed by atoms with Gasteiger partial charge in [-0.05, 0) is 26.2 Å². The highest BCUT2D eigenvalue weighted by Gasteiger charge is 2.22. The summed E-state index contributed by atoms with van der Waals surface area (Å²) in [6, 6.07) is 5.98. The molecule has 22 heavy (non-hydrogen) atoms. The second-order valence-electron chi connectivity index (χ2n) is 6.13. The number of hydrogen-bond donors (Lipinski definition) is 2. The van der Waals surface area contributed by atoms with Gasteiger partial charge in [-0.3, -0.25) is 0 Å². The van der Waals surface area contributed by atoms with E-state index in [4.69, 9.17) is 9.84 Å². The van der Waals surface area contributed by atoms with Crippen molar-refractivity contribution in [1.82, 2.24) is 14.5 Å². The molecule has 2 heterocycles. The predicted molar refractivity (Wildman–Crippen MR) is 87.5 cm³/mol. The Morgan fingerprint density at radius 2 is 2.32 bits per heavy atom. The molecule has 0 aliphatic carbocycles. The molecule has 1 aliphatic heterocycles. The lowest BCUT2D eigenvalue weighted by molar-refractivity contribution is 0.233. The van der Waals surface area contributed by atoms with Crippen LogP contribution in [0, 0.1) is 5.92 Å². The lowest BCUT2D eigenvalue weighted by Gasteiger charge is -2.27. The van der Waals surface area contributed by atoms with Crippen LogP contribution >= 0.6 is 0 Å². The van der Waals surface area contributed by atoms with Crippen LogP contribution in [0.1, 0.15) is 6.42 Å². The molecule has 1 aromatic carbocycles. The van der Waals surface area contributed by atoms with E-state index in [0.717, 1.165) is 42.4 Å². The number of ether oxygens (including phenoxy) is 1. The molecule has 6 nitrogen and oxygen atoms in total. The summed E-state index contributed by atoms with van der Waals surface area (Å²) in [4.78, 5) is 6.87. The van der Waals surface area contributed by atoms with E-state index in [1.807, 2.05) is 18.2 Å². The maximum Gasteiger partial charge on any atom is 0.203 e. The third kappa shape index (κ3) is 3.18. The summed E-state index contributed by atoms with van der Waals surface area (Å²) in [5, 5.41) is 12.3. The van der Waals surface area contributed by atoms with Gasteiger partial charge in [0.2, 0.25) is 5.95 Å². The molecule has 0 radical (unpaired) electrons. The number of imidazole rings is 1. The monoisotopic (exact) mass is 304 g/mol. The average Bonchev–Trinajstić information content (AvgIpc) is 2.84. The molecule has 1 aromatic heterocycles. The molecule has 0 saturated carbocycles. The Morgan fingerprint density at radius 1 is 1.45 bits per heavy atom. The number of fused-ring (bicyclic) bond motifs is 3. The fourth-order valence-corrected chi connectivity index (χ4v) is 2.96. The Morgan fingerprint density at radius 3 is 3.09 bits per heavy atom. The summed E-state index contributed by atoms with van der Waals surface area (Å²) in [6.45, 7) is 3.67. The molecule has 1 unspecified atom stereocenters. The van der Waals surface area contributed by atoms with E-state index in [1.54, 1.807) is 0 Å². The summed E-state index contributed by atoms with van der Waals surface area (Å²) in [6.07, 6.45) is 0.648. The minimum atomic E-state index is 0.153. The van der Waals surface area contributed by atoms with Gasteiger partial charge in [-0.15, -0.1) is 0 Å². The first-order chi connectivity index (χ1) is 10.7. The number of aliphatic hydroxyl groups is 1. The van der Waals surface area contributed by atoms with Crippen molar-refractivity contribution in [3.8, 4) is 5.75 Å². The van der Waals surface area contributed by atoms with E-state index in [0.29, 0.717) is 18.9 Å².